The van der Waals surface area contributed by atoms with Gasteiger partial charge in [-0.2, -0.15) is 0 Å². The molecule has 5 heteroatoms. The highest BCUT2D eigenvalue weighted by Gasteiger charge is 2.32. The Bertz CT molecular complexity index is 583. The lowest BCUT2D eigenvalue weighted by atomic mass is 10.1. The molecule has 1 aromatic carbocycles. The fraction of sp³-hybridized carbons (Fsp3) is 0.529. The fourth-order valence-corrected chi connectivity index (χ4v) is 2.84. The summed E-state index contributed by atoms with van der Waals surface area (Å²) in [6.45, 7) is 4.17. The van der Waals surface area contributed by atoms with E-state index in [-0.39, 0.29) is 17.9 Å². The molecule has 3 rings (SSSR count). The van der Waals surface area contributed by atoms with Crippen molar-refractivity contribution < 1.29 is 14.3 Å². The molecule has 1 aromatic rings. The van der Waals surface area contributed by atoms with E-state index in [9.17, 15) is 9.59 Å². The van der Waals surface area contributed by atoms with Gasteiger partial charge in [-0.25, -0.2) is 0 Å². The second-order valence-electron chi connectivity index (χ2n) is 6.16. The molecule has 1 fully saturated rings. The normalized spacial score (nSPS) is 21.8. The van der Waals surface area contributed by atoms with Crippen LogP contribution in [0.3, 0.4) is 0 Å². The van der Waals surface area contributed by atoms with Crippen LogP contribution in [0, 0.1) is 5.92 Å². The van der Waals surface area contributed by atoms with Crippen LogP contribution in [0.25, 0.3) is 0 Å². The molecule has 0 spiro atoms. The van der Waals surface area contributed by atoms with Crippen molar-refractivity contribution >= 4 is 17.5 Å². The van der Waals surface area contributed by atoms with E-state index in [1.54, 1.807) is 11.8 Å². The number of hydrogen-bond donors (Lipinski definition) is 1. The maximum atomic E-state index is 12.3. The fourth-order valence-electron chi connectivity index (χ4n) is 2.84. The number of amides is 2. The predicted molar refractivity (Wildman–Crippen MR) is 83.8 cm³/mol. The second kappa shape index (κ2) is 5.99. The third kappa shape index (κ3) is 3.08. The summed E-state index contributed by atoms with van der Waals surface area (Å²) in [6, 6.07) is 7.68. The van der Waals surface area contributed by atoms with E-state index in [2.05, 4.69) is 5.32 Å². The summed E-state index contributed by atoms with van der Waals surface area (Å²) in [5.74, 6) is 1.24. The minimum atomic E-state index is -0.511. The highest BCUT2D eigenvalue weighted by molar-refractivity contribution is 6.00. The summed E-state index contributed by atoms with van der Waals surface area (Å²) in [5.41, 5.74) is 0.744. The van der Waals surface area contributed by atoms with Gasteiger partial charge in [-0.1, -0.05) is 12.1 Å². The second-order valence-corrected chi connectivity index (χ2v) is 6.16. The van der Waals surface area contributed by atoms with Gasteiger partial charge < -0.3 is 15.0 Å². The Hall–Kier alpha value is -2.04. The molecule has 2 amide bonds. The van der Waals surface area contributed by atoms with E-state index < -0.39 is 6.10 Å². The average molecular weight is 302 g/mol. The van der Waals surface area contributed by atoms with Crippen molar-refractivity contribution in [1.82, 2.24) is 5.32 Å². The van der Waals surface area contributed by atoms with Crippen LogP contribution in [-0.4, -0.2) is 30.5 Å². The molecule has 1 heterocycles. The molecule has 1 aliphatic heterocycles. The minimum Gasteiger partial charge on any atom is -0.479 e. The topological polar surface area (TPSA) is 58.6 Å². The minimum absolute atomic E-state index is 0.00354. The lowest BCUT2D eigenvalue weighted by Crippen LogP contribution is -2.46. The van der Waals surface area contributed by atoms with Gasteiger partial charge in [0.05, 0.1) is 5.69 Å². The SMILES string of the molecule is CC1Oc2ccccc2N(CCC(=O)NC(C)C2CC2)C1=O. The van der Waals surface area contributed by atoms with Crippen LogP contribution in [0.5, 0.6) is 5.75 Å². The first-order chi connectivity index (χ1) is 10.6. The maximum Gasteiger partial charge on any atom is 0.267 e. The molecule has 118 valence electrons. The largest absolute Gasteiger partial charge is 0.479 e. The molecule has 0 aromatic heterocycles. The Morgan fingerprint density at radius 1 is 1.41 bits per heavy atom. The monoisotopic (exact) mass is 302 g/mol. The standard InChI is InChI=1S/C17H22N2O3/c1-11(13-7-8-13)18-16(20)9-10-19-14-5-3-4-6-15(14)22-12(2)17(19)21/h3-6,11-13H,7-10H2,1-2H3,(H,18,20). The van der Waals surface area contributed by atoms with E-state index in [1.807, 2.05) is 31.2 Å². The van der Waals surface area contributed by atoms with Crippen molar-refractivity contribution in [3.05, 3.63) is 24.3 Å². The Morgan fingerprint density at radius 2 is 2.14 bits per heavy atom. The zero-order valence-corrected chi connectivity index (χ0v) is 13.0. The number of carbonyl (C=O) groups excluding carboxylic acids is 2. The molecule has 0 bridgehead atoms. The van der Waals surface area contributed by atoms with Crippen LogP contribution in [0.2, 0.25) is 0 Å². The molecule has 1 N–H and O–H groups in total. The number of rotatable bonds is 5. The molecule has 1 aliphatic carbocycles. The lowest BCUT2D eigenvalue weighted by Gasteiger charge is -2.32. The number of fused-ring (bicyclic) bond motifs is 1. The molecular formula is C17H22N2O3. The summed E-state index contributed by atoms with van der Waals surface area (Å²) in [6.07, 6.45) is 2.20. The first kappa shape index (κ1) is 14.9. The highest BCUT2D eigenvalue weighted by atomic mass is 16.5. The van der Waals surface area contributed by atoms with Gasteiger partial charge in [-0.3, -0.25) is 9.59 Å². The molecule has 0 saturated heterocycles. The van der Waals surface area contributed by atoms with Gasteiger partial charge in [0.15, 0.2) is 6.10 Å². The smallest absolute Gasteiger partial charge is 0.267 e. The summed E-state index contributed by atoms with van der Waals surface area (Å²) in [4.78, 5) is 26.0. The molecule has 2 unspecified atom stereocenters. The van der Waals surface area contributed by atoms with Gasteiger partial charge in [0.25, 0.3) is 5.91 Å². The van der Waals surface area contributed by atoms with E-state index in [4.69, 9.17) is 4.74 Å². The van der Waals surface area contributed by atoms with Gasteiger partial charge in [0, 0.05) is 19.0 Å². The van der Waals surface area contributed by atoms with Crippen molar-refractivity contribution in [3.8, 4) is 5.75 Å². The number of anilines is 1. The molecule has 2 atom stereocenters. The van der Waals surface area contributed by atoms with Gasteiger partial charge in [0.1, 0.15) is 5.75 Å². The van der Waals surface area contributed by atoms with Crippen LogP contribution >= 0.6 is 0 Å². The van der Waals surface area contributed by atoms with Crippen molar-refractivity contribution in [2.45, 2.75) is 45.3 Å². The molecule has 0 radical (unpaired) electrons. The van der Waals surface area contributed by atoms with Crippen molar-refractivity contribution in [1.29, 1.82) is 0 Å². The van der Waals surface area contributed by atoms with Crippen LogP contribution < -0.4 is 15.0 Å². The average Bonchev–Trinajstić information content (AvgIpc) is 3.32. The number of hydrogen-bond acceptors (Lipinski definition) is 3. The Labute approximate surface area is 130 Å². The Morgan fingerprint density at radius 3 is 2.86 bits per heavy atom. The molecule has 2 aliphatic rings. The molecule has 1 saturated carbocycles. The number of nitrogens with zero attached hydrogens (tertiary/aromatic N) is 1. The van der Waals surface area contributed by atoms with E-state index in [1.165, 1.54) is 12.8 Å². The third-order valence-electron chi connectivity index (χ3n) is 4.35. The van der Waals surface area contributed by atoms with Crippen molar-refractivity contribution in [2.24, 2.45) is 5.92 Å². The van der Waals surface area contributed by atoms with Crippen molar-refractivity contribution in [2.75, 3.05) is 11.4 Å². The van der Waals surface area contributed by atoms with Gasteiger partial charge >= 0.3 is 0 Å². The number of carbonyl (C=O) groups is 2. The van der Waals surface area contributed by atoms with Crippen LogP contribution in [0.15, 0.2) is 24.3 Å². The number of para-hydroxylation sites is 2. The lowest BCUT2D eigenvalue weighted by molar-refractivity contribution is -0.125. The zero-order chi connectivity index (χ0) is 15.7. The molecule has 22 heavy (non-hydrogen) atoms. The zero-order valence-electron chi connectivity index (χ0n) is 13.0. The third-order valence-corrected chi connectivity index (χ3v) is 4.35. The first-order valence-corrected chi connectivity index (χ1v) is 7.92. The maximum absolute atomic E-state index is 12.3. The Balaban J connectivity index is 1.63. The Kier molecular flexibility index (Phi) is 4.05. The van der Waals surface area contributed by atoms with Gasteiger partial charge in [-0.15, -0.1) is 0 Å². The summed E-state index contributed by atoms with van der Waals surface area (Å²) < 4.78 is 5.59. The summed E-state index contributed by atoms with van der Waals surface area (Å²) in [5, 5.41) is 3.02. The summed E-state index contributed by atoms with van der Waals surface area (Å²) in [7, 11) is 0. The summed E-state index contributed by atoms with van der Waals surface area (Å²) >= 11 is 0. The van der Waals surface area contributed by atoms with E-state index >= 15 is 0 Å². The van der Waals surface area contributed by atoms with Crippen LogP contribution in [0.4, 0.5) is 5.69 Å². The first-order valence-electron chi connectivity index (χ1n) is 7.92. The molecular weight excluding hydrogens is 280 g/mol. The number of nitrogens with one attached hydrogen (secondary N) is 1. The van der Waals surface area contributed by atoms with Crippen molar-refractivity contribution in [3.63, 3.8) is 0 Å². The number of ether oxygens (including phenoxy) is 1. The van der Waals surface area contributed by atoms with Gasteiger partial charge in [0.2, 0.25) is 5.91 Å². The molecule has 5 nitrogen and oxygen atoms in total. The number of benzene rings is 1. The predicted octanol–water partition coefficient (Wildman–Crippen LogP) is 2.11. The van der Waals surface area contributed by atoms with Crippen LogP contribution in [-0.2, 0) is 9.59 Å². The van der Waals surface area contributed by atoms with Crippen LogP contribution in [0.1, 0.15) is 33.1 Å². The highest BCUT2D eigenvalue weighted by Crippen LogP contribution is 2.34. The van der Waals surface area contributed by atoms with Gasteiger partial charge in [-0.05, 0) is 44.7 Å². The van der Waals surface area contributed by atoms with E-state index in [0.717, 1.165) is 5.69 Å². The quantitative estimate of drug-likeness (QED) is 0.906. The van der Waals surface area contributed by atoms with E-state index in [0.29, 0.717) is 24.6 Å².